The molecule has 0 saturated carbocycles. The molecule has 4 aromatic rings. The van der Waals surface area contributed by atoms with Crippen molar-refractivity contribution in [2.24, 2.45) is 0 Å². The number of halogens is 4. The lowest BCUT2D eigenvalue weighted by atomic mass is 10.0. The van der Waals surface area contributed by atoms with Crippen molar-refractivity contribution in [3.63, 3.8) is 0 Å². The van der Waals surface area contributed by atoms with E-state index in [0.717, 1.165) is 17.5 Å². The van der Waals surface area contributed by atoms with Gasteiger partial charge < -0.3 is 4.74 Å². The summed E-state index contributed by atoms with van der Waals surface area (Å²) in [6.07, 6.45) is -1.26. The van der Waals surface area contributed by atoms with E-state index in [-0.39, 0.29) is 11.6 Å². The van der Waals surface area contributed by atoms with E-state index in [9.17, 15) is 13.2 Å². The molecule has 0 aliphatic heterocycles. The number of nitrogens with zero attached hydrogens (tertiary/aromatic N) is 2. The summed E-state index contributed by atoms with van der Waals surface area (Å²) in [5, 5.41) is 1.27. The van der Waals surface area contributed by atoms with Gasteiger partial charge in [0.05, 0.1) is 11.1 Å². The first kappa shape index (κ1) is 18.3. The molecule has 0 bridgehead atoms. The van der Waals surface area contributed by atoms with Gasteiger partial charge in [-0.05, 0) is 42.0 Å². The third-order valence-electron chi connectivity index (χ3n) is 4.12. The van der Waals surface area contributed by atoms with E-state index in [1.165, 1.54) is 6.07 Å². The summed E-state index contributed by atoms with van der Waals surface area (Å²) >= 11 is 6.04. The number of benzene rings is 2. The summed E-state index contributed by atoms with van der Waals surface area (Å²) in [5.41, 5.74) is 0.940. The number of fused-ring (bicyclic) bond motifs is 1. The van der Waals surface area contributed by atoms with Gasteiger partial charge in [-0.15, -0.1) is 0 Å². The SMILES string of the molecule is FC(F)(F)c1ccc(-c2cccc(Cl)c2)c(Oc2ccc3cnccc3n2)c1. The highest BCUT2D eigenvalue weighted by molar-refractivity contribution is 6.30. The lowest BCUT2D eigenvalue weighted by Gasteiger charge is -2.15. The fraction of sp³-hybridized carbons (Fsp3) is 0.0476. The monoisotopic (exact) mass is 400 g/mol. The standard InChI is InChI=1S/C21H12ClF3N2O/c22-16-3-1-2-13(10-16)17-6-5-15(21(23,24)25)11-19(17)28-20-7-4-14-12-26-9-8-18(14)27-20/h1-12H. The maximum Gasteiger partial charge on any atom is 0.416 e. The molecule has 0 unspecified atom stereocenters. The molecule has 3 nitrogen and oxygen atoms in total. The molecule has 0 aliphatic carbocycles. The molecular weight excluding hydrogens is 389 g/mol. The molecule has 0 fully saturated rings. The minimum absolute atomic E-state index is 0.0398. The quantitative estimate of drug-likeness (QED) is 0.381. The Morgan fingerprint density at radius 3 is 2.57 bits per heavy atom. The van der Waals surface area contributed by atoms with Gasteiger partial charge in [0.1, 0.15) is 5.75 Å². The fourth-order valence-corrected chi connectivity index (χ4v) is 2.98. The van der Waals surface area contributed by atoms with E-state index in [0.29, 0.717) is 21.7 Å². The molecule has 2 heterocycles. The van der Waals surface area contributed by atoms with Crippen LogP contribution in [0.4, 0.5) is 13.2 Å². The second kappa shape index (κ2) is 7.13. The second-order valence-corrected chi connectivity index (χ2v) is 6.48. The molecule has 0 saturated heterocycles. The third kappa shape index (κ3) is 3.77. The summed E-state index contributed by atoms with van der Waals surface area (Å²) in [6.45, 7) is 0. The largest absolute Gasteiger partial charge is 0.438 e. The van der Waals surface area contributed by atoms with Crippen LogP contribution >= 0.6 is 11.6 Å². The number of aromatic nitrogens is 2. The Morgan fingerprint density at radius 1 is 0.929 bits per heavy atom. The minimum Gasteiger partial charge on any atom is -0.438 e. The molecule has 0 amide bonds. The van der Waals surface area contributed by atoms with Gasteiger partial charge in [0.15, 0.2) is 0 Å². The minimum atomic E-state index is -4.49. The summed E-state index contributed by atoms with van der Waals surface area (Å²) < 4.78 is 45.4. The Bertz CT molecular complexity index is 1160. The average molecular weight is 401 g/mol. The smallest absolute Gasteiger partial charge is 0.416 e. The van der Waals surface area contributed by atoms with Crippen LogP contribution in [-0.4, -0.2) is 9.97 Å². The highest BCUT2D eigenvalue weighted by Crippen LogP contribution is 2.39. The van der Waals surface area contributed by atoms with Crippen LogP contribution in [0.25, 0.3) is 22.0 Å². The fourth-order valence-electron chi connectivity index (χ4n) is 2.79. The van der Waals surface area contributed by atoms with E-state index in [4.69, 9.17) is 16.3 Å². The van der Waals surface area contributed by atoms with E-state index >= 15 is 0 Å². The molecule has 0 aliphatic rings. The number of ether oxygens (including phenoxy) is 1. The van der Waals surface area contributed by atoms with Crippen LogP contribution in [0, 0.1) is 0 Å². The normalized spacial score (nSPS) is 11.6. The molecule has 4 rings (SSSR count). The van der Waals surface area contributed by atoms with Gasteiger partial charge in [0.25, 0.3) is 0 Å². The maximum atomic E-state index is 13.2. The summed E-state index contributed by atoms with van der Waals surface area (Å²) in [5.74, 6) is 0.222. The van der Waals surface area contributed by atoms with Gasteiger partial charge in [-0.1, -0.05) is 29.8 Å². The van der Waals surface area contributed by atoms with Crippen molar-refractivity contribution in [2.75, 3.05) is 0 Å². The molecule has 0 radical (unpaired) electrons. The molecule has 0 N–H and O–H groups in total. The van der Waals surface area contributed by atoms with Crippen LogP contribution < -0.4 is 4.74 Å². The predicted molar refractivity (Wildman–Crippen MR) is 102 cm³/mol. The van der Waals surface area contributed by atoms with Crippen molar-refractivity contribution in [3.8, 4) is 22.8 Å². The van der Waals surface area contributed by atoms with Crippen LogP contribution in [-0.2, 0) is 6.18 Å². The van der Waals surface area contributed by atoms with Crippen molar-refractivity contribution in [1.29, 1.82) is 0 Å². The highest BCUT2D eigenvalue weighted by atomic mass is 35.5. The van der Waals surface area contributed by atoms with Crippen LogP contribution in [0.3, 0.4) is 0 Å². The van der Waals surface area contributed by atoms with Gasteiger partial charge >= 0.3 is 6.18 Å². The third-order valence-corrected chi connectivity index (χ3v) is 4.36. The van der Waals surface area contributed by atoms with Crippen molar-refractivity contribution < 1.29 is 17.9 Å². The number of hydrogen-bond acceptors (Lipinski definition) is 3. The highest BCUT2D eigenvalue weighted by Gasteiger charge is 2.31. The molecule has 28 heavy (non-hydrogen) atoms. The van der Waals surface area contributed by atoms with Crippen molar-refractivity contribution in [1.82, 2.24) is 9.97 Å². The zero-order chi connectivity index (χ0) is 19.7. The van der Waals surface area contributed by atoms with Gasteiger partial charge in [-0.3, -0.25) is 4.98 Å². The van der Waals surface area contributed by atoms with Gasteiger partial charge in [-0.25, -0.2) is 4.98 Å². The lowest BCUT2D eigenvalue weighted by Crippen LogP contribution is -2.05. The Balaban J connectivity index is 1.82. The van der Waals surface area contributed by atoms with Gasteiger partial charge in [0.2, 0.25) is 5.88 Å². The van der Waals surface area contributed by atoms with Crippen LogP contribution in [0.15, 0.2) is 73.1 Å². The number of rotatable bonds is 3. The van der Waals surface area contributed by atoms with Gasteiger partial charge in [0, 0.05) is 34.4 Å². The van der Waals surface area contributed by atoms with Crippen LogP contribution in [0.1, 0.15) is 5.56 Å². The lowest BCUT2D eigenvalue weighted by molar-refractivity contribution is -0.137. The first-order chi connectivity index (χ1) is 13.4. The van der Waals surface area contributed by atoms with Crippen molar-refractivity contribution >= 4 is 22.5 Å². The number of pyridine rings is 2. The Labute approximate surface area is 163 Å². The van der Waals surface area contributed by atoms with Gasteiger partial charge in [-0.2, -0.15) is 13.2 Å². The molecule has 7 heteroatoms. The van der Waals surface area contributed by atoms with E-state index in [1.807, 2.05) is 0 Å². The van der Waals surface area contributed by atoms with E-state index < -0.39 is 11.7 Å². The first-order valence-corrected chi connectivity index (χ1v) is 8.64. The maximum absolute atomic E-state index is 13.2. The number of hydrogen-bond donors (Lipinski definition) is 0. The van der Waals surface area contributed by atoms with Crippen LogP contribution in [0.2, 0.25) is 5.02 Å². The Hall–Kier alpha value is -3.12. The molecule has 0 spiro atoms. The van der Waals surface area contributed by atoms with Crippen LogP contribution in [0.5, 0.6) is 11.6 Å². The Kier molecular flexibility index (Phi) is 4.65. The van der Waals surface area contributed by atoms with E-state index in [2.05, 4.69) is 9.97 Å². The first-order valence-electron chi connectivity index (χ1n) is 8.26. The Morgan fingerprint density at radius 2 is 1.79 bits per heavy atom. The summed E-state index contributed by atoms with van der Waals surface area (Å²) in [4.78, 5) is 8.35. The van der Waals surface area contributed by atoms with Crippen molar-refractivity contribution in [2.45, 2.75) is 6.18 Å². The number of alkyl halides is 3. The predicted octanol–water partition coefficient (Wildman–Crippen LogP) is 6.76. The summed E-state index contributed by atoms with van der Waals surface area (Å²) in [6, 6.07) is 15.2. The topological polar surface area (TPSA) is 35.0 Å². The summed E-state index contributed by atoms with van der Waals surface area (Å²) in [7, 11) is 0. The molecular formula is C21H12ClF3N2O. The zero-order valence-corrected chi connectivity index (χ0v) is 15.0. The molecule has 2 aromatic heterocycles. The second-order valence-electron chi connectivity index (χ2n) is 6.04. The van der Waals surface area contributed by atoms with Crippen molar-refractivity contribution in [3.05, 3.63) is 83.6 Å². The zero-order valence-electron chi connectivity index (χ0n) is 14.2. The molecule has 140 valence electrons. The average Bonchev–Trinajstić information content (AvgIpc) is 2.67. The van der Waals surface area contributed by atoms with E-state index in [1.54, 1.807) is 54.9 Å². The molecule has 0 atom stereocenters. The molecule has 2 aromatic carbocycles.